The summed E-state index contributed by atoms with van der Waals surface area (Å²) in [6.07, 6.45) is 0. The molecule has 3 heteroatoms. The van der Waals surface area contributed by atoms with E-state index in [1.165, 1.54) is 4.88 Å². The van der Waals surface area contributed by atoms with E-state index >= 15 is 0 Å². The highest BCUT2D eigenvalue weighted by Crippen LogP contribution is 2.28. The molecule has 0 unspecified atom stereocenters. The first-order valence-electron chi connectivity index (χ1n) is 3.49. The van der Waals surface area contributed by atoms with Crippen LogP contribution >= 0.6 is 22.9 Å². The van der Waals surface area contributed by atoms with Crippen LogP contribution in [-0.4, -0.2) is 7.05 Å². The molecule has 0 amide bonds. The van der Waals surface area contributed by atoms with E-state index in [1.807, 2.05) is 18.5 Å². The summed E-state index contributed by atoms with van der Waals surface area (Å²) < 4.78 is 0. The summed E-state index contributed by atoms with van der Waals surface area (Å²) in [5.41, 5.74) is 0.0395. The number of nitrogens with one attached hydrogen (secondary N) is 1. The van der Waals surface area contributed by atoms with Gasteiger partial charge in [0.15, 0.2) is 0 Å². The molecule has 0 aliphatic heterocycles. The lowest BCUT2D eigenvalue weighted by Crippen LogP contribution is -2.31. The number of hydrogen-bond acceptors (Lipinski definition) is 2. The standard InChI is InChI=1S/C8H12ClNS/c1-8(2,10-3)7-4-6(9)5-11-7/h4-5,10H,1-3H3. The summed E-state index contributed by atoms with van der Waals surface area (Å²) in [5, 5.41) is 6.00. The first-order chi connectivity index (χ1) is 5.06. The molecule has 0 aliphatic carbocycles. The maximum absolute atomic E-state index is 5.81. The van der Waals surface area contributed by atoms with Gasteiger partial charge in [-0.15, -0.1) is 11.3 Å². The molecule has 0 saturated heterocycles. The van der Waals surface area contributed by atoms with Gasteiger partial charge in [0.1, 0.15) is 0 Å². The Balaban J connectivity index is 2.92. The molecule has 0 fully saturated rings. The molecule has 62 valence electrons. The molecule has 1 heterocycles. The number of rotatable bonds is 2. The molecular weight excluding hydrogens is 178 g/mol. The van der Waals surface area contributed by atoms with Gasteiger partial charge in [-0.1, -0.05) is 11.6 Å². The van der Waals surface area contributed by atoms with E-state index in [0.29, 0.717) is 0 Å². The fourth-order valence-electron chi connectivity index (χ4n) is 0.764. The minimum Gasteiger partial charge on any atom is -0.310 e. The van der Waals surface area contributed by atoms with Gasteiger partial charge in [-0.2, -0.15) is 0 Å². The zero-order valence-electron chi connectivity index (χ0n) is 6.94. The molecule has 0 aromatic carbocycles. The highest BCUT2D eigenvalue weighted by Gasteiger charge is 2.19. The fraction of sp³-hybridized carbons (Fsp3) is 0.500. The second kappa shape index (κ2) is 3.13. The smallest absolute Gasteiger partial charge is 0.0516 e. The zero-order valence-corrected chi connectivity index (χ0v) is 8.51. The molecule has 0 bridgehead atoms. The van der Waals surface area contributed by atoms with E-state index in [4.69, 9.17) is 11.6 Å². The molecule has 0 aliphatic rings. The summed E-state index contributed by atoms with van der Waals surface area (Å²) in [4.78, 5) is 1.27. The van der Waals surface area contributed by atoms with Crippen LogP contribution < -0.4 is 5.32 Å². The Bertz CT molecular complexity index is 242. The van der Waals surface area contributed by atoms with Crippen LogP contribution in [0.2, 0.25) is 5.02 Å². The SMILES string of the molecule is CNC(C)(C)c1cc(Cl)cs1. The number of hydrogen-bond donors (Lipinski definition) is 1. The third kappa shape index (κ3) is 1.95. The Labute approximate surface area is 76.4 Å². The molecule has 0 saturated carbocycles. The van der Waals surface area contributed by atoms with E-state index in [1.54, 1.807) is 11.3 Å². The second-order valence-electron chi connectivity index (χ2n) is 3.00. The van der Waals surface area contributed by atoms with Crippen molar-refractivity contribution >= 4 is 22.9 Å². The van der Waals surface area contributed by atoms with Gasteiger partial charge in [-0.3, -0.25) is 0 Å². The Kier molecular flexibility index (Phi) is 2.58. The Morgan fingerprint density at radius 3 is 2.55 bits per heavy atom. The lowest BCUT2D eigenvalue weighted by atomic mass is 10.0. The van der Waals surface area contributed by atoms with Gasteiger partial charge in [0.05, 0.1) is 5.02 Å². The fourth-order valence-corrected chi connectivity index (χ4v) is 1.97. The minimum absolute atomic E-state index is 0.0395. The average Bonchev–Trinajstić information content (AvgIpc) is 2.36. The molecule has 11 heavy (non-hydrogen) atoms. The monoisotopic (exact) mass is 189 g/mol. The van der Waals surface area contributed by atoms with Crippen molar-refractivity contribution in [3.8, 4) is 0 Å². The van der Waals surface area contributed by atoms with E-state index in [2.05, 4.69) is 19.2 Å². The van der Waals surface area contributed by atoms with Crippen molar-refractivity contribution in [1.82, 2.24) is 5.32 Å². The Morgan fingerprint density at radius 2 is 2.18 bits per heavy atom. The minimum atomic E-state index is 0.0395. The number of halogens is 1. The molecular formula is C8H12ClNS. The van der Waals surface area contributed by atoms with Crippen molar-refractivity contribution in [3.05, 3.63) is 21.3 Å². The third-order valence-corrected chi connectivity index (χ3v) is 3.41. The van der Waals surface area contributed by atoms with Gasteiger partial charge >= 0.3 is 0 Å². The van der Waals surface area contributed by atoms with E-state index in [0.717, 1.165) is 5.02 Å². The van der Waals surface area contributed by atoms with Crippen molar-refractivity contribution in [1.29, 1.82) is 0 Å². The topological polar surface area (TPSA) is 12.0 Å². The third-order valence-electron chi connectivity index (χ3n) is 1.81. The summed E-state index contributed by atoms with van der Waals surface area (Å²) in [5.74, 6) is 0. The predicted molar refractivity (Wildman–Crippen MR) is 51.4 cm³/mol. The van der Waals surface area contributed by atoms with Crippen LogP contribution in [0.25, 0.3) is 0 Å². The molecule has 0 atom stereocenters. The average molecular weight is 190 g/mol. The summed E-state index contributed by atoms with van der Waals surface area (Å²) in [6.45, 7) is 4.27. The van der Waals surface area contributed by atoms with Crippen molar-refractivity contribution in [2.75, 3.05) is 7.05 Å². The zero-order chi connectivity index (χ0) is 8.48. The van der Waals surface area contributed by atoms with E-state index in [9.17, 15) is 0 Å². The molecule has 1 aromatic heterocycles. The van der Waals surface area contributed by atoms with Gasteiger partial charge in [-0.25, -0.2) is 0 Å². The quantitative estimate of drug-likeness (QED) is 0.755. The van der Waals surface area contributed by atoms with Gasteiger partial charge in [0.2, 0.25) is 0 Å². The van der Waals surface area contributed by atoms with Crippen LogP contribution in [0.1, 0.15) is 18.7 Å². The van der Waals surface area contributed by atoms with Crippen LogP contribution in [0.3, 0.4) is 0 Å². The van der Waals surface area contributed by atoms with Crippen LogP contribution in [0.5, 0.6) is 0 Å². The molecule has 1 N–H and O–H groups in total. The maximum atomic E-state index is 5.81. The van der Waals surface area contributed by atoms with Crippen molar-refractivity contribution in [2.45, 2.75) is 19.4 Å². The van der Waals surface area contributed by atoms with Gasteiger partial charge < -0.3 is 5.32 Å². The lowest BCUT2D eigenvalue weighted by Gasteiger charge is -2.21. The number of thiophene rings is 1. The highest BCUT2D eigenvalue weighted by molar-refractivity contribution is 7.10. The Morgan fingerprint density at radius 1 is 1.55 bits per heavy atom. The normalized spacial score (nSPS) is 12.0. The van der Waals surface area contributed by atoms with E-state index in [-0.39, 0.29) is 5.54 Å². The molecule has 1 aromatic rings. The summed E-state index contributed by atoms with van der Waals surface area (Å²) in [7, 11) is 1.95. The molecule has 0 radical (unpaired) electrons. The van der Waals surface area contributed by atoms with Crippen molar-refractivity contribution in [3.63, 3.8) is 0 Å². The molecule has 1 nitrogen and oxygen atoms in total. The second-order valence-corrected chi connectivity index (χ2v) is 4.35. The largest absolute Gasteiger partial charge is 0.310 e. The van der Waals surface area contributed by atoms with Crippen LogP contribution in [0.4, 0.5) is 0 Å². The van der Waals surface area contributed by atoms with Crippen LogP contribution in [0, 0.1) is 0 Å². The lowest BCUT2D eigenvalue weighted by molar-refractivity contribution is 0.454. The predicted octanol–water partition coefficient (Wildman–Crippen LogP) is 2.86. The maximum Gasteiger partial charge on any atom is 0.0516 e. The van der Waals surface area contributed by atoms with E-state index < -0.39 is 0 Å². The first-order valence-corrected chi connectivity index (χ1v) is 4.75. The molecule has 1 rings (SSSR count). The van der Waals surface area contributed by atoms with Crippen LogP contribution in [0.15, 0.2) is 11.4 Å². The highest BCUT2D eigenvalue weighted by atomic mass is 35.5. The van der Waals surface area contributed by atoms with Crippen molar-refractivity contribution < 1.29 is 0 Å². The summed E-state index contributed by atoms with van der Waals surface area (Å²) in [6, 6.07) is 2.00. The van der Waals surface area contributed by atoms with Gasteiger partial charge in [-0.05, 0) is 27.0 Å². The van der Waals surface area contributed by atoms with Gasteiger partial charge in [0, 0.05) is 15.8 Å². The Hall–Kier alpha value is -0.0500. The summed E-state index contributed by atoms with van der Waals surface area (Å²) >= 11 is 7.49. The van der Waals surface area contributed by atoms with Gasteiger partial charge in [0.25, 0.3) is 0 Å². The van der Waals surface area contributed by atoms with Crippen LogP contribution in [-0.2, 0) is 5.54 Å². The van der Waals surface area contributed by atoms with Crippen molar-refractivity contribution in [2.24, 2.45) is 0 Å². The first kappa shape index (κ1) is 9.04. The molecule has 0 spiro atoms.